The number of fused-ring (bicyclic) bond motifs is 1. The molecule has 0 radical (unpaired) electrons. The Hall–Kier alpha value is -1.39. The van der Waals surface area contributed by atoms with Crippen LogP contribution in [0.25, 0.3) is 10.8 Å². The Morgan fingerprint density at radius 3 is 2.50 bits per heavy atom. The van der Waals surface area contributed by atoms with Gasteiger partial charge in [0, 0.05) is 35.9 Å². The third kappa shape index (κ3) is 2.23. The number of nitrogens with zero attached hydrogens (tertiary/aromatic N) is 4. The zero-order valence-corrected chi connectivity index (χ0v) is 12.9. The van der Waals surface area contributed by atoms with Crippen molar-refractivity contribution >= 4 is 28.2 Å². The fraction of sp³-hybridized carbons (Fsp3) is 0.467. The predicted molar refractivity (Wildman–Crippen MR) is 83.5 cm³/mol. The number of halogens is 1. The lowest BCUT2D eigenvalue weighted by molar-refractivity contribution is 0.138. The van der Waals surface area contributed by atoms with Crippen molar-refractivity contribution in [1.82, 2.24) is 15.1 Å². The van der Waals surface area contributed by atoms with Crippen LogP contribution in [0, 0.1) is 0 Å². The maximum Gasteiger partial charge on any atom is 0.159 e. The molecule has 106 valence electrons. The minimum absolute atomic E-state index is 0.126. The van der Waals surface area contributed by atoms with Crippen molar-refractivity contribution in [3.63, 3.8) is 0 Å². The standard InChI is InChI=1S/C15H19ClN4/c1-15(2)10-20(9-8-19(15)3)14-12-7-5-4-6-11(12)13(16)17-18-14/h4-7H,8-10H2,1-3H3. The van der Waals surface area contributed by atoms with Gasteiger partial charge in [-0.1, -0.05) is 35.9 Å². The van der Waals surface area contributed by atoms with Crippen molar-refractivity contribution in [2.24, 2.45) is 0 Å². The first-order valence-corrected chi connectivity index (χ1v) is 7.24. The molecule has 3 rings (SSSR count). The van der Waals surface area contributed by atoms with Crippen LogP contribution in [0.4, 0.5) is 5.82 Å². The molecule has 0 bridgehead atoms. The first kappa shape index (κ1) is 13.6. The summed E-state index contributed by atoms with van der Waals surface area (Å²) in [6.07, 6.45) is 0. The molecule has 1 saturated heterocycles. The van der Waals surface area contributed by atoms with Gasteiger partial charge in [-0.2, -0.15) is 0 Å². The van der Waals surface area contributed by atoms with Gasteiger partial charge in [0.2, 0.25) is 0 Å². The van der Waals surface area contributed by atoms with Crippen LogP contribution in [0.5, 0.6) is 0 Å². The molecule has 2 aromatic rings. The molecule has 0 amide bonds. The van der Waals surface area contributed by atoms with Gasteiger partial charge >= 0.3 is 0 Å². The topological polar surface area (TPSA) is 32.3 Å². The molecule has 0 unspecified atom stereocenters. The van der Waals surface area contributed by atoms with Crippen molar-refractivity contribution in [3.05, 3.63) is 29.4 Å². The molecule has 5 heteroatoms. The number of anilines is 1. The van der Waals surface area contributed by atoms with E-state index in [1.54, 1.807) is 0 Å². The molecule has 1 aromatic carbocycles. The van der Waals surface area contributed by atoms with Gasteiger partial charge in [-0.3, -0.25) is 4.90 Å². The maximum atomic E-state index is 6.15. The average molecular weight is 291 g/mol. The van der Waals surface area contributed by atoms with Crippen LogP contribution in [-0.2, 0) is 0 Å². The molecular weight excluding hydrogens is 272 g/mol. The second-order valence-corrected chi connectivity index (χ2v) is 6.37. The van der Waals surface area contributed by atoms with E-state index in [9.17, 15) is 0 Å². The van der Waals surface area contributed by atoms with Gasteiger partial charge in [0.05, 0.1) is 0 Å². The third-order valence-corrected chi connectivity index (χ3v) is 4.52. The van der Waals surface area contributed by atoms with Crippen LogP contribution in [0.1, 0.15) is 13.8 Å². The van der Waals surface area contributed by atoms with Crippen LogP contribution in [0.2, 0.25) is 5.15 Å². The second-order valence-electron chi connectivity index (χ2n) is 6.02. The molecule has 1 aromatic heterocycles. The summed E-state index contributed by atoms with van der Waals surface area (Å²) in [6, 6.07) is 8.06. The summed E-state index contributed by atoms with van der Waals surface area (Å²) < 4.78 is 0. The van der Waals surface area contributed by atoms with Crippen molar-refractivity contribution < 1.29 is 0 Å². The molecule has 0 N–H and O–H groups in total. The first-order chi connectivity index (χ1) is 9.49. The normalized spacial score (nSPS) is 19.5. The Morgan fingerprint density at radius 1 is 1.10 bits per heavy atom. The number of hydrogen-bond donors (Lipinski definition) is 0. The number of rotatable bonds is 1. The van der Waals surface area contributed by atoms with Crippen molar-refractivity contribution in [3.8, 4) is 0 Å². The molecule has 0 aliphatic carbocycles. The predicted octanol–water partition coefficient (Wildman–Crippen LogP) is 2.81. The van der Waals surface area contributed by atoms with E-state index in [0.29, 0.717) is 5.15 Å². The average Bonchev–Trinajstić information content (AvgIpc) is 2.43. The van der Waals surface area contributed by atoms with E-state index in [1.807, 2.05) is 18.2 Å². The van der Waals surface area contributed by atoms with Gasteiger partial charge in [0.25, 0.3) is 0 Å². The number of benzene rings is 1. The van der Waals surface area contributed by atoms with Gasteiger partial charge < -0.3 is 4.90 Å². The van der Waals surface area contributed by atoms with E-state index in [2.05, 4.69) is 47.0 Å². The number of hydrogen-bond acceptors (Lipinski definition) is 4. The molecule has 20 heavy (non-hydrogen) atoms. The summed E-state index contributed by atoms with van der Waals surface area (Å²) in [5.74, 6) is 0.936. The SMILES string of the molecule is CN1CCN(c2nnc(Cl)c3ccccc23)CC1(C)C. The van der Waals surface area contributed by atoms with Crippen LogP contribution >= 0.6 is 11.6 Å². The Morgan fingerprint density at radius 2 is 1.80 bits per heavy atom. The Labute approximate surface area is 124 Å². The summed E-state index contributed by atoms with van der Waals surface area (Å²) >= 11 is 6.15. The largest absolute Gasteiger partial charge is 0.351 e. The zero-order chi connectivity index (χ0) is 14.3. The fourth-order valence-corrected chi connectivity index (χ4v) is 2.91. The molecule has 2 heterocycles. The van der Waals surface area contributed by atoms with Crippen LogP contribution < -0.4 is 4.90 Å². The lowest BCUT2D eigenvalue weighted by Crippen LogP contribution is -2.58. The molecule has 0 atom stereocenters. The van der Waals surface area contributed by atoms with Gasteiger partial charge in [-0.25, -0.2) is 0 Å². The Kier molecular flexibility index (Phi) is 3.30. The minimum Gasteiger partial charge on any atom is -0.351 e. The molecular formula is C15H19ClN4. The lowest BCUT2D eigenvalue weighted by Gasteiger charge is -2.45. The molecule has 4 nitrogen and oxygen atoms in total. The zero-order valence-electron chi connectivity index (χ0n) is 12.1. The quantitative estimate of drug-likeness (QED) is 0.808. The highest BCUT2D eigenvalue weighted by atomic mass is 35.5. The number of piperazine rings is 1. The Balaban J connectivity index is 2.05. The number of likely N-dealkylation sites (N-methyl/N-ethyl adjacent to an activating group) is 1. The highest BCUT2D eigenvalue weighted by Crippen LogP contribution is 2.30. The monoisotopic (exact) mass is 290 g/mol. The Bertz CT molecular complexity index is 641. The third-order valence-electron chi connectivity index (χ3n) is 4.24. The highest BCUT2D eigenvalue weighted by molar-refractivity contribution is 6.34. The second kappa shape index (κ2) is 4.86. The van der Waals surface area contributed by atoms with Crippen LogP contribution in [-0.4, -0.2) is 47.3 Å². The number of aromatic nitrogens is 2. The van der Waals surface area contributed by atoms with E-state index in [0.717, 1.165) is 36.2 Å². The van der Waals surface area contributed by atoms with E-state index in [1.165, 1.54) is 0 Å². The fourth-order valence-electron chi connectivity index (χ4n) is 2.71. The minimum atomic E-state index is 0.126. The van der Waals surface area contributed by atoms with Gasteiger partial charge in [-0.05, 0) is 20.9 Å². The highest BCUT2D eigenvalue weighted by Gasteiger charge is 2.32. The molecule has 0 saturated carbocycles. The summed E-state index contributed by atoms with van der Waals surface area (Å²) in [7, 11) is 2.17. The maximum absolute atomic E-state index is 6.15. The molecule has 1 aliphatic rings. The van der Waals surface area contributed by atoms with Crippen LogP contribution in [0.15, 0.2) is 24.3 Å². The lowest BCUT2D eigenvalue weighted by atomic mass is 9.99. The van der Waals surface area contributed by atoms with E-state index in [4.69, 9.17) is 11.6 Å². The van der Waals surface area contributed by atoms with E-state index >= 15 is 0 Å². The molecule has 1 aliphatic heterocycles. The summed E-state index contributed by atoms with van der Waals surface area (Å²) in [4.78, 5) is 4.70. The van der Waals surface area contributed by atoms with Crippen molar-refractivity contribution in [1.29, 1.82) is 0 Å². The van der Waals surface area contributed by atoms with E-state index < -0.39 is 0 Å². The van der Waals surface area contributed by atoms with Gasteiger partial charge in [-0.15, -0.1) is 10.2 Å². The van der Waals surface area contributed by atoms with Gasteiger partial charge in [0.15, 0.2) is 11.0 Å². The van der Waals surface area contributed by atoms with Crippen LogP contribution in [0.3, 0.4) is 0 Å². The molecule has 0 spiro atoms. The van der Waals surface area contributed by atoms with Crippen molar-refractivity contribution in [2.75, 3.05) is 31.6 Å². The van der Waals surface area contributed by atoms with E-state index in [-0.39, 0.29) is 5.54 Å². The van der Waals surface area contributed by atoms with Crippen molar-refractivity contribution in [2.45, 2.75) is 19.4 Å². The summed E-state index contributed by atoms with van der Waals surface area (Å²) in [6.45, 7) is 7.42. The summed E-state index contributed by atoms with van der Waals surface area (Å²) in [5, 5.41) is 11.0. The summed E-state index contributed by atoms with van der Waals surface area (Å²) in [5.41, 5.74) is 0.126. The molecule has 1 fully saturated rings. The van der Waals surface area contributed by atoms with Gasteiger partial charge in [0.1, 0.15) is 0 Å². The first-order valence-electron chi connectivity index (χ1n) is 6.86. The smallest absolute Gasteiger partial charge is 0.159 e.